The van der Waals surface area contributed by atoms with Crippen molar-refractivity contribution in [2.24, 2.45) is 17.3 Å². The number of ether oxygens (including phenoxy) is 1. The highest BCUT2D eigenvalue weighted by molar-refractivity contribution is 6.24. The first-order valence-electron chi connectivity index (χ1n) is 5.97. The van der Waals surface area contributed by atoms with E-state index >= 15 is 0 Å². The Hall–Kier alpha value is -0.240. The maximum Gasteiger partial charge on any atom is 0.306 e. The highest BCUT2D eigenvalue weighted by atomic mass is 35.5. The van der Waals surface area contributed by atoms with Crippen LogP contribution in [0.5, 0.6) is 0 Å². The Labute approximate surface area is 94.3 Å². The van der Waals surface area contributed by atoms with Crippen LogP contribution in [0.4, 0.5) is 0 Å². The number of rotatable bonds is 0. The van der Waals surface area contributed by atoms with Crippen LogP contribution < -0.4 is 0 Å². The molecule has 1 aliphatic heterocycles. The number of carbonyl (C=O) groups excluding carboxylic acids is 1. The lowest BCUT2D eigenvalue weighted by Gasteiger charge is -2.60. The molecule has 3 heteroatoms. The SMILES string of the molecule is O=C1CC23CC4CC(CC(Cl)(C4)C2)[C@H]3O1. The van der Waals surface area contributed by atoms with E-state index in [2.05, 4.69) is 0 Å². The normalized spacial score (nSPS) is 60.6. The molecule has 0 aromatic carbocycles. The molecule has 4 unspecified atom stereocenters. The first-order chi connectivity index (χ1) is 7.09. The first-order valence-corrected chi connectivity index (χ1v) is 6.35. The van der Waals surface area contributed by atoms with Gasteiger partial charge in [-0.2, -0.15) is 0 Å². The van der Waals surface area contributed by atoms with Crippen LogP contribution >= 0.6 is 11.6 Å². The van der Waals surface area contributed by atoms with E-state index in [1.54, 1.807) is 0 Å². The summed E-state index contributed by atoms with van der Waals surface area (Å²) in [5, 5.41) is 0. The molecule has 1 heterocycles. The zero-order valence-corrected chi connectivity index (χ0v) is 9.43. The van der Waals surface area contributed by atoms with Crippen LogP contribution in [0.25, 0.3) is 0 Å². The van der Waals surface area contributed by atoms with Crippen molar-refractivity contribution in [3.8, 4) is 0 Å². The smallest absolute Gasteiger partial charge is 0.306 e. The van der Waals surface area contributed by atoms with E-state index < -0.39 is 0 Å². The Kier molecular flexibility index (Phi) is 1.40. The Morgan fingerprint density at radius 2 is 2.20 bits per heavy atom. The number of halogens is 1. The zero-order valence-electron chi connectivity index (χ0n) is 8.67. The number of hydrogen-bond donors (Lipinski definition) is 0. The van der Waals surface area contributed by atoms with E-state index in [0.717, 1.165) is 18.8 Å². The van der Waals surface area contributed by atoms with Crippen LogP contribution in [-0.4, -0.2) is 16.9 Å². The molecule has 0 aromatic heterocycles. The van der Waals surface area contributed by atoms with E-state index in [-0.39, 0.29) is 22.4 Å². The fraction of sp³-hybridized carbons (Fsp3) is 0.917. The molecule has 0 N–H and O–H groups in total. The number of hydrogen-bond acceptors (Lipinski definition) is 2. The van der Waals surface area contributed by atoms with E-state index in [9.17, 15) is 4.79 Å². The third kappa shape index (κ3) is 0.994. The molecule has 0 aromatic rings. The van der Waals surface area contributed by atoms with Gasteiger partial charge in [0.1, 0.15) is 6.10 Å². The molecular weight excluding hydrogens is 212 g/mol. The highest BCUT2D eigenvalue weighted by Gasteiger charge is 2.66. The Morgan fingerprint density at radius 1 is 1.33 bits per heavy atom. The number of alkyl halides is 1. The maximum absolute atomic E-state index is 11.5. The highest BCUT2D eigenvalue weighted by Crippen LogP contribution is 2.67. The van der Waals surface area contributed by atoms with Crippen molar-refractivity contribution < 1.29 is 9.53 Å². The van der Waals surface area contributed by atoms with Gasteiger partial charge in [-0.3, -0.25) is 4.79 Å². The Balaban J connectivity index is 1.82. The van der Waals surface area contributed by atoms with Crippen molar-refractivity contribution in [2.45, 2.75) is 49.5 Å². The minimum atomic E-state index is 0.0102. The summed E-state index contributed by atoms with van der Waals surface area (Å²) < 4.78 is 5.54. The van der Waals surface area contributed by atoms with Crippen LogP contribution in [0, 0.1) is 17.3 Å². The molecule has 2 nitrogen and oxygen atoms in total. The van der Waals surface area contributed by atoms with Crippen LogP contribution in [0.1, 0.15) is 38.5 Å². The standard InChI is InChI=1S/C12H15ClO2/c13-12-3-7-1-8(4-12)10-11(2-7,6-12)5-9(14)15-10/h7-8,10H,1-6H2/t7?,8?,10-,11?,12?/m1/s1. The van der Waals surface area contributed by atoms with Gasteiger partial charge in [0, 0.05) is 10.3 Å². The monoisotopic (exact) mass is 226 g/mol. The van der Waals surface area contributed by atoms with Gasteiger partial charge >= 0.3 is 5.97 Å². The van der Waals surface area contributed by atoms with Gasteiger partial charge in [-0.05, 0) is 43.9 Å². The summed E-state index contributed by atoms with van der Waals surface area (Å²) in [5.41, 5.74) is 0.142. The Morgan fingerprint density at radius 3 is 3.00 bits per heavy atom. The van der Waals surface area contributed by atoms with Gasteiger partial charge in [0.15, 0.2) is 0 Å². The second-order valence-corrected chi connectivity index (χ2v) is 7.05. The van der Waals surface area contributed by atoms with Crippen LogP contribution in [0.2, 0.25) is 0 Å². The van der Waals surface area contributed by atoms with Gasteiger partial charge in [-0.1, -0.05) is 0 Å². The van der Waals surface area contributed by atoms with Crippen LogP contribution in [0.3, 0.4) is 0 Å². The van der Waals surface area contributed by atoms with Crippen molar-refractivity contribution in [3.05, 3.63) is 0 Å². The summed E-state index contributed by atoms with van der Waals surface area (Å²) in [7, 11) is 0. The van der Waals surface area contributed by atoms with Crippen molar-refractivity contribution in [3.63, 3.8) is 0 Å². The Bertz CT molecular complexity index is 356. The number of carbonyl (C=O) groups is 1. The quantitative estimate of drug-likeness (QED) is 0.469. The predicted molar refractivity (Wildman–Crippen MR) is 55.6 cm³/mol. The summed E-state index contributed by atoms with van der Waals surface area (Å²) in [4.78, 5) is 11.5. The van der Waals surface area contributed by atoms with Crippen molar-refractivity contribution in [1.82, 2.24) is 0 Å². The fourth-order valence-corrected chi connectivity index (χ4v) is 5.80. The largest absolute Gasteiger partial charge is 0.461 e. The average Bonchev–Trinajstić information content (AvgIpc) is 2.38. The molecule has 5 fully saturated rings. The van der Waals surface area contributed by atoms with E-state index in [1.165, 1.54) is 19.3 Å². The summed E-state index contributed by atoms with van der Waals surface area (Å²) in [6.45, 7) is 0. The average molecular weight is 227 g/mol. The van der Waals surface area contributed by atoms with Gasteiger partial charge in [0.2, 0.25) is 0 Å². The van der Waals surface area contributed by atoms with Crippen molar-refractivity contribution in [2.75, 3.05) is 0 Å². The van der Waals surface area contributed by atoms with Gasteiger partial charge in [0.25, 0.3) is 0 Å². The van der Waals surface area contributed by atoms with Gasteiger partial charge in [0.05, 0.1) is 6.42 Å². The molecule has 1 saturated heterocycles. The summed E-state index contributed by atoms with van der Waals surface area (Å²) in [5.74, 6) is 1.35. The fourth-order valence-electron chi connectivity index (χ4n) is 5.12. The van der Waals surface area contributed by atoms with E-state index in [4.69, 9.17) is 16.3 Å². The molecule has 82 valence electrons. The molecule has 5 rings (SSSR count). The molecule has 5 atom stereocenters. The molecule has 0 amide bonds. The van der Waals surface area contributed by atoms with Crippen LogP contribution in [0.15, 0.2) is 0 Å². The van der Waals surface area contributed by atoms with Crippen molar-refractivity contribution >= 4 is 17.6 Å². The minimum absolute atomic E-state index is 0.0102. The molecule has 15 heavy (non-hydrogen) atoms. The summed E-state index contributed by atoms with van der Waals surface area (Å²) in [6, 6.07) is 0. The molecule has 4 bridgehead atoms. The first kappa shape index (κ1) is 8.86. The molecule has 1 spiro atoms. The second-order valence-electron chi connectivity index (χ2n) is 6.25. The van der Waals surface area contributed by atoms with Gasteiger partial charge < -0.3 is 4.74 Å². The zero-order chi connectivity index (χ0) is 10.3. The van der Waals surface area contributed by atoms with E-state index in [1.807, 2.05) is 0 Å². The van der Waals surface area contributed by atoms with Crippen LogP contribution in [-0.2, 0) is 9.53 Å². The molecule has 4 saturated carbocycles. The molecular formula is C12H15ClO2. The van der Waals surface area contributed by atoms with Gasteiger partial charge in [-0.25, -0.2) is 0 Å². The topological polar surface area (TPSA) is 26.3 Å². The number of esters is 1. The second kappa shape index (κ2) is 2.37. The summed E-state index contributed by atoms with van der Waals surface area (Å²) in [6.07, 6.45) is 6.55. The lowest BCUT2D eigenvalue weighted by Crippen LogP contribution is -2.59. The molecule has 4 aliphatic carbocycles. The predicted octanol–water partition coefficient (Wildman–Crippen LogP) is 2.49. The lowest BCUT2D eigenvalue weighted by molar-refractivity contribution is -0.154. The van der Waals surface area contributed by atoms with E-state index in [0.29, 0.717) is 12.3 Å². The van der Waals surface area contributed by atoms with Gasteiger partial charge in [-0.15, -0.1) is 11.6 Å². The third-order valence-corrected chi connectivity index (χ3v) is 5.51. The van der Waals surface area contributed by atoms with Crippen molar-refractivity contribution in [1.29, 1.82) is 0 Å². The minimum Gasteiger partial charge on any atom is -0.461 e. The molecule has 0 radical (unpaired) electrons. The third-order valence-electron chi connectivity index (χ3n) is 5.07. The lowest BCUT2D eigenvalue weighted by atomic mass is 9.48. The molecule has 5 aliphatic rings. The maximum atomic E-state index is 11.5. The summed E-state index contributed by atoms with van der Waals surface area (Å²) >= 11 is 6.67.